The first-order valence-corrected chi connectivity index (χ1v) is 6.90. The van der Waals surface area contributed by atoms with Crippen LogP contribution in [0.25, 0.3) is 0 Å². The van der Waals surface area contributed by atoms with Crippen molar-refractivity contribution < 1.29 is 22.8 Å². The van der Waals surface area contributed by atoms with Crippen LogP contribution in [0, 0.1) is 5.82 Å². The van der Waals surface area contributed by atoms with E-state index < -0.39 is 22.6 Å². The first-order valence-electron chi connectivity index (χ1n) is 5.77. The number of halogens is 1. The predicted molar refractivity (Wildman–Crippen MR) is 74.5 cm³/mol. The van der Waals surface area contributed by atoms with Gasteiger partial charge in [0.05, 0.1) is 11.4 Å². The van der Waals surface area contributed by atoms with Crippen LogP contribution in [0.3, 0.4) is 0 Å². The molecule has 0 aliphatic heterocycles. The van der Waals surface area contributed by atoms with Crippen LogP contribution in [0.4, 0.5) is 15.8 Å². The van der Waals surface area contributed by atoms with E-state index in [2.05, 4.69) is 0 Å². The van der Waals surface area contributed by atoms with Crippen molar-refractivity contribution in [2.24, 2.45) is 0 Å². The monoisotopic (exact) mass is 310 g/mol. The van der Waals surface area contributed by atoms with Gasteiger partial charge in [0.1, 0.15) is 5.82 Å². The smallest absolute Gasteiger partial charge is 0.274 e. The second-order valence-corrected chi connectivity index (χ2v) is 4.89. The van der Waals surface area contributed by atoms with Gasteiger partial charge in [-0.15, -0.1) is 0 Å². The molecule has 0 unspecified atom stereocenters. The maximum absolute atomic E-state index is 12.9. The number of thiol groups is 1. The molecule has 0 radical (unpaired) electrons. The number of rotatable bonds is 4. The molecule has 0 saturated carbocycles. The minimum absolute atomic E-state index is 0.168. The van der Waals surface area contributed by atoms with E-state index in [0.717, 1.165) is 16.4 Å². The Morgan fingerprint density at radius 2 is 1.48 bits per heavy atom. The van der Waals surface area contributed by atoms with Gasteiger partial charge < -0.3 is 0 Å². The van der Waals surface area contributed by atoms with Crippen molar-refractivity contribution in [2.75, 3.05) is 4.31 Å². The molecule has 0 aliphatic carbocycles. The second-order valence-electron chi connectivity index (χ2n) is 4.01. The first-order chi connectivity index (χ1) is 10.0. The largest absolute Gasteiger partial charge is 0.288 e. The molecule has 0 aromatic heterocycles. The van der Waals surface area contributed by atoms with E-state index >= 15 is 0 Å². The molecule has 2 rings (SSSR count). The molecular weight excluding hydrogens is 299 g/mol. The summed E-state index contributed by atoms with van der Waals surface area (Å²) in [6, 6.07) is 10.5. The van der Waals surface area contributed by atoms with Crippen LogP contribution in [0.5, 0.6) is 0 Å². The summed E-state index contributed by atoms with van der Waals surface area (Å²) in [6.07, 6.45) is 0. The van der Waals surface area contributed by atoms with Gasteiger partial charge in [-0.25, -0.2) is 22.6 Å². The Kier molecular flexibility index (Phi) is 4.51. The molecule has 0 bridgehead atoms. The normalized spacial score (nSPS) is 10.4. The Morgan fingerprint density at radius 3 is 1.90 bits per heavy atom. The van der Waals surface area contributed by atoms with Crippen LogP contribution < -0.4 is 9.79 Å². The molecule has 1 amide bonds. The van der Waals surface area contributed by atoms with Crippen LogP contribution in [0.2, 0.25) is 0 Å². The number of nitrogens with one attached hydrogen (secondary N) is 1. The molecule has 0 spiro atoms. The van der Waals surface area contributed by atoms with E-state index in [1.54, 1.807) is 0 Å². The number of amides is 1. The van der Waals surface area contributed by atoms with Crippen molar-refractivity contribution >= 4 is 28.2 Å². The average molecular weight is 310 g/mol. The van der Waals surface area contributed by atoms with Crippen molar-refractivity contribution in [1.29, 1.82) is 0 Å². The number of hydroxylamine groups is 1. The maximum atomic E-state index is 12.9. The molecule has 21 heavy (non-hydrogen) atoms. The molecule has 2 aromatic carbocycles. The summed E-state index contributed by atoms with van der Waals surface area (Å²) < 4.78 is 36.7. The Morgan fingerprint density at radius 1 is 1.00 bits per heavy atom. The summed E-state index contributed by atoms with van der Waals surface area (Å²) in [7, 11) is -2.99. The SMILES string of the molecule is O=C(NO)c1ccc(N(c2ccc(F)cc2)[SH](=O)=O)cc1. The van der Waals surface area contributed by atoms with Crippen LogP contribution in [-0.2, 0) is 10.9 Å². The molecule has 2 N–H and O–H groups in total. The Labute approximate surface area is 121 Å². The third-order valence-electron chi connectivity index (χ3n) is 2.71. The minimum atomic E-state index is -2.99. The zero-order valence-corrected chi connectivity index (χ0v) is 11.5. The number of hydrogen-bond acceptors (Lipinski definition) is 4. The molecular formula is C13H11FN2O4S. The fraction of sp³-hybridized carbons (Fsp3) is 0. The highest BCUT2D eigenvalue weighted by atomic mass is 32.2. The van der Waals surface area contributed by atoms with Crippen LogP contribution in [0.1, 0.15) is 10.4 Å². The summed E-state index contributed by atoms with van der Waals surface area (Å²) in [5.41, 5.74) is 2.20. The van der Waals surface area contributed by atoms with Gasteiger partial charge in [-0.05, 0) is 48.5 Å². The molecule has 2 aromatic rings. The van der Waals surface area contributed by atoms with E-state index in [1.807, 2.05) is 0 Å². The van der Waals surface area contributed by atoms with Gasteiger partial charge in [0, 0.05) is 5.56 Å². The van der Waals surface area contributed by atoms with Gasteiger partial charge in [0.15, 0.2) is 0 Å². The van der Waals surface area contributed by atoms with Gasteiger partial charge in [0.25, 0.3) is 5.91 Å². The lowest BCUT2D eigenvalue weighted by Gasteiger charge is -2.17. The van der Waals surface area contributed by atoms with Crippen LogP contribution in [-0.4, -0.2) is 19.5 Å². The minimum Gasteiger partial charge on any atom is -0.288 e. The number of anilines is 2. The third-order valence-corrected chi connectivity index (χ3v) is 3.50. The zero-order valence-electron chi connectivity index (χ0n) is 10.6. The van der Waals surface area contributed by atoms with Gasteiger partial charge in [-0.3, -0.25) is 10.0 Å². The zero-order chi connectivity index (χ0) is 15.4. The number of nitrogens with zero attached hydrogens (tertiary/aromatic N) is 1. The van der Waals surface area contributed by atoms with E-state index in [-0.39, 0.29) is 16.9 Å². The van der Waals surface area contributed by atoms with Crippen molar-refractivity contribution in [1.82, 2.24) is 5.48 Å². The predicted octanol–water partition coefficient (Wildman–Crippen LogP) is 1.61. The fourth-order valence-corrected chi connectivity index (χ4v) is 2.38. The van der Waals surface area contributed by atoms with Crippen LogP contribution >= 0.6 is 0 Å². The Hall–Kier alpha value is -2.45. The summed E-state index contributed by atoms with van der Waals surface area (Å²) in [5, 5.41) is 8.52. The number of carbonyl (C=O) groups is 1. The second kappa shape index (κ2) is 6.33. The topological polar surface area (TPSA) is 86.7 Å². The van der Waals surface area contributed by atoms with E-state index in [0.29, 0.717) is 0 Å². The molecule has 8 heteroatoms. The first kappa shape index (κ1) is 14.9. The molecule has 0 aliphatic rings. The van der Waals surface area contributed by atoms with E-state index in [4.69, 9.17) is 5.21 Å². The summed E-state index contributed by atoms with van der Waals surface area (Å²) in [4.78, 5) is 11.2. The summed E-state index contributed by atoms with van der Waals surface area (Å²) >= 11 is 0. The van der Waals surface area contributed by atoms with Gasteiger partial charge in [-0.2, -0.15) is 0 Å². The van der Waals surface area contributed by atoms with Crippen LogP contribution in [0.15, 0.2) is 48.5 Å². The lowest BCUT2D eigenvalue weighted by Crippen LogP contribution is -2.19. The quantitative estimate of drug-likeness (QED) is 0.455. The highest BCUT2D eigenvalue weighted by Crippen LogP contribution is 2.26. The molecule has 0 heterocycles. The van der Waals surface area contributed by atoms with E-state index in [1.165, 1.54) is 41.9 Å². The highest BCUT2D eigenvalue weighted by molar-refractivity contribution is 7.74. The number of carbonyl (C=O) groups excluding carboxylic acids is 1. The van der Waals surface area contributed by atoms with Crippen molar-refractivity contribution in [3.63, 3.8) is 0 Å². The maximum Gasteiger partial charge on any atom is 0.274 e. The lowest BCUT2D eigenvalue weighted by atomic mass is 10.2. The highest BCUT2D eigenvalue weighted by Gasteiger charge is 2.13. The summed E-state index contributed by atoms with van der Waals surface area (Å²) in [5.74, 6) is -1.18. The average Bonchev–Trinajstić information content (AvgIpc) is 2.49. The Bertz CT molecular complexity index is 706. The van der Waals surface area contributed by atoms with E-state index in [9.17, 15) is 17.6 Å². The summed E-state index contributed by atoms with van der Waals surface area (Å²) in [6.45, 7) is 0. The van der Waals surface area contributed by atoms with Gasteiger partial charge in [-0.1, -0.05) is 0 Å². The van der Waals surface area contributed by atoms with Crippen molar-refractivity contribution in [3.8, 4) is 0 Å². The lowest BCUT2D eigenvalue weighted by molar-refractivity contribution is 0.0706. The molecule has 0 saturated heterocycles. The number of hydrogen-bond donors (Lipinski definition) is 3. The number of benzene rings is 2. The van der Waals surface area contributed by atoms with Crippen molar-refractivity contribution in [3.05, 3.63) is 59.9 Å². The van der Waals surface area contributed by atoms with Gasteiger partial charge >= 0.3 is 0 Å². The molecule has 0 atom stereocenters. The molecule has 110 valence electrons. The molecule has 0 fully saturated rings. The standard InChI is InChI=1S/C13H11FN2O4S/c14-10-3-7-12(8-4-10)16(21(19)20)11-5-1-9(2-6-11)13(17)15-18/h1-8,18,21H,(H,15,17). The third kappa shape index (κ3) is 3.36. The fourth-order valence-electron chi connectivity index (χ4n) is 1.74. The molecule has 6 nitrogen and oxygen atoms in total. The van der Waals surface area contributed by atoms with Crippen molar-refractivity contribution in [2.45, 2.75) is 0 Å². The Balaban J connectivity index is 2.39. The van der Waals surface area contributed by atoms with Gasteiger partial charge in [0.2, 0.25) is 10.9 Å².